The van der Waals surface area contributed by atoms with Gasteiger partial charge in [-0.1, -0.05) is 12.5 Å². The third-order valence-electron chi connectivity index (χ3n) is 3.87. The molecule has 1 aliphatic heterocycles. The van der Waals surface area contributed by atoms with E-state index in [0.717, 1.165) is 50.3 Å². The summed E-state index contributed by atoms with van der Waals surface area (Å²) in [5, 5.41) is 9.24. The number of hydrogen-bond acceptors (Lipinski definition) is 4. The maximum Gasteiger partial charge on any atom is 0.320 e. The summed E-state index contributed by atoms with van der Waals surface area (Å²) in [5.41, 5.74) is 0. The molecule has 1 saturated heterocycles. The van der Waals surface area contributed by atoms with E-state index in [0.29, 0.717) is 13.2 Å². The fourth-order valence-corrected chi connectivity index (χ4v) is 2.82. The average Bonchev–Trinajstić information content (AvgIpc) is 2.52. The fourth-order valence-electron chi connectivity index (χ4n) is 2.82. The summed E-state index contributed by atoms with van der Waals surface area (Å²) < 4.78 is 11.2. The molecule has 1 heterocycles. The van der Waals surface area contributed by atoms with E-state index < -0.39 is 5.97 Å². The highest BCUT2D eigenvalue weighted by atomic mass is 16.5. The number of carboxylic acid groups (broad SMARTS) is 1. The van der Waals surface area contributed by atoms with Crippen molar-refractivity contribution < 1.29 is 19.4 Å². The molecule has 5 nitrogen and oxygen atoms in total. The van der Waals surface area contributed by atoms with Gasteiger partial charge in [0.15, 0.2) is 0 Å². The van der Waals surface area contributed by atoms with Gasteiger partial charge in [0.05, 0.1) is 13.2 Å². The molecule has 0 aromatic heterocycles. The second-order valence-electron chi connectivity index (χ2n) is 5.50. The summed E-state index contributed by atoms with van der Waals surface area (Å²) in [6.07, 6.45) is 3.67. The molecule has 1 N–H and O–H groups in total. The SMILES string of the molecule is CCOc1cccc(OCCCN2CCCCC2C(=O)O)c1. The molecule has 0 amide bonds. The van der Waals surface area contributed by atoms with E-state index in [1.807, 2.05) is 31.2 Å². The third-order valence-corrected chi connectivity index (χ3v) is 3.87. The number of likely N-dealkylation sites (tertiary alicyclic amines) is 1. The highest BCUT2D eigenvalue weighted by Crippen LogP contribution is 2.20. The normalized spacial score (nSPS) is 18.9. The predicted molar refractivity (Wildman–Crippen MR) is 84.6 cm³/mol. The van der Waals surface area contributed by atoms with Gasteiger partial charge in [-0.15, -0.1) is 0 Å². The number of ether oxygens (including phenoxy) is 2. The lowest BCUT2D eigenvalue weighted by Gasteiger charge is -2.32. The molecule has 0 radical (unpaired) electrons. The van der Waals surface area contributed by atoms with E-state index in [2.05, 4.69) is 4.90 Å². The topological polar surface area (TPSA) is 59.0 Å². The van der Waals surface area contributed by atoms with Gasteiger partial charge in [-0.05, 0) is 44.9 Å². The van der Waals surface area contributed by atoms with Crippen LogP contribution in [-0.2, 0) is 4.79 Å². The Kier molecular flexibility index (Phi) is 6.52. The minimum atomic E-state index is -0.704. The van der Waals surface area contributed by atoms with Crippen molar-refractivity contribution in [1.29, 1.82) is 0 Å². The Balaban J connectivity index is 1.74. The van der Waals surface area contributed by atoms with Gasteiger partial charge < -0.3 is 14.6 Å². The molecular formula is C17H25NO4. The highest BCUT2D eigenvalue weighted by molar-refractivity contribution is 5.73. The molecule has 22 heavy (non-hydrogen) atoms. The van der Waals surface area contributed by atoms with Crippen LogP contribution in [0, 0.1) is 0 Å². The number of hydrogen-bond donors (Lipinski definition) is 1. The molecule has 0 spiro atoms. The van der Waals surface area contributed by atoms with Crippen molar-refractivity contribution >= 4 is 5.97 Å². The summed E-state index contributed by atoms with van der Waals surface area (Å²) in [5.74, 6) is 0.895. The van der Waals surface area contributed by atoms with Gasteiger partial charge in [-0.3, -0.25) is 9.69 Å². The largest absolute Gasteiger partial charge is 0.494 e. The third kappa shape index (κ3) is 4.91. The number of rotatable bonds is 8. The van der Waals surface area contributed by atoms with E-state index in [1.54, 1.807) is 0 Å². The van der Waals surface area contributed by atoms with E-state index in [9.17, 15) is 9.90 Å². The summed E-state index contributed by atoms with van der Waals surface area (Å²) >= 11 is 0. The van der Waals surface area contributed by atoms with Crippen LogP contribution >= 0.6 is 0 Å². The zero-order valence-corrected chi connectivity index (χ0v) is 13.2. The number of carbonyl (C=O) groups is 1. The monoisotopic (exact) mass is 307 g/mol. The van der Waals surface area contributed by atoms with Gasteiger partial charge in [0, 0.05) is 12.6 Å². The molecule has 0 aliphatic carbocycles. The molecule has 122 valence electrons. The Bertz CT molecular complexity index is 477. The first-order chi connectivity index (χ1) is 10.7. The van der Waals surface area contributed by atoms with Crippen molar-refractivity contribution in [3.63, 3.8) is 0 Å². The van der Waals surface area contributed by atoms with Gasteiger partial charge >= 0.3 is 5.97 Å². The quantitative estimate of drug-likeness (QED) is 0.748. The Morgan fingerprint density at radius 2 is 2.09 bits per heavy atom. The lowest BCUT2D eigenvalue weighted by atomic mass is 10.0. The summed E-state index contributed by atoms with van der Waals surface area (Å²) in [6.45, 7) is 4.80. The molecule has 5 heteroatoms. The molecule has 1 aromatic carbocycles. The van der Waals surface area contributed by atoms with Crippen molar-refractivity contribution in [2.75, 3.05) is 26.3 Å². The van der Waals surface area contributed by atoms with Crippen LogP contribution in [0.1, 0.15) is 32.6 Å². The Morgan fingerprint density at radius 3 is 2.82 bits per heavy atom. The number of benzene rings is 1. The maximum atomic E-state index is 11.2. The van der Waals surface area contributed by atoms with Crippen molar-refractivity contribution in [2.24, 2.45) is 0 Å². The number of piperidine rings is 1. The van der Waals surface area contributed by atoms with Crippen molar-refractivity contribution in [3.05, 3.63) is 24.3 Å². The molecule has 1 fully saturated rings. The van der Waals surface area contributed by atoms with Crippen LogP contribution in [0.3, 0.4) is 0 Å². The molecule has 2 rings (SSSR count). The van der Waals surface area contributed by atoms with Crippen molar-refractivity contribution in [1.82, 2.24) is 4.90 Å². The second-order valence-corrected chi connectivity index (χ2v) is 5.50. The van der Waals surface area contributed by atoms with Gasteiger partial charge in [0.2, 0.25) is 0 Å². The van der Waals surface area contributed by atoms with Crippen molar-refractivity contribution in [2.45, 2.75) is 38.6 Å². The molecular weight excluding hydrogens is 282 g/mol. The second kappa shape index (κ2) is 8.63. The van der Waals surface area contributed by atoms with Gasteiger partial charge in [0.1, 0.15) is 17.5 Å². The van der Waals surface area contributed by atoms with Crippen LogP contribution in [0.2, 0.25) is 0 Å². The predicted octanol–water partition coefficient (Wildman–Crippen LogP) is 2.79. The standard InChI is InChI=1S/C17H25NO4/c1-2-21-14-7-5-8-15(13-14)22-12-6-11-18-10-4-3-9-16(18)17(19)20/h5,7-8,13,16H,2-4,6,9-12H2,1H3,(H,19,20). The van der Waals surface area contributed by atoms with Crippen LogP contribution < -0.4 is 9.47 Å². The van der Waals surface area contributed by atoms with Crippen LogP contribution in [0.5, 0.6) is 11.5 Å². The number of carboxylic acids is 1. The van der Waals surface area contributed by atoms with Crippen LogP contribution in [0.15, 0.2) is 24.3 Å². The van der Waals surface area contributed by atoms with Gasteiger partial charge in [0.25, 0.3) is 0 Å². The summed E-state index contributed by atoms with van der Waals surface area (Å²) in [4.78, 5) is 13.3. The molecule has 0 saturated carbocycles. The minimum Gasteiger partial charge on any atom is -0.494 e. The molecule has 1 aromatic rings. The fraction of sp³-hybridized carbons (Fsp3) is 0.588. The Morgan fingerprint density at radius 1 is 1.32 bits per heavy atom. The first kappa shape index (κ1) is 16.6. The van der Waals surface area contributed by atoms with Gasteiger partial charge in [-0.2, -0.15) is 0 Å². The Hall–Kier alpha value is -1.75. The highest BCUT2D eigenvalue weighted by Gasteiger charge is 2.27. The maximum absolute atomic E-state index is 11.2. The van der Waals surface area contributed by atoms with Crippen molar-refractivity contribution in [3.8, 4) is 11.5 Å². The zero-order valence-electron chi connectivity index (χ0n) is 13.2. The van der Waals surface area contributed by atoms with E-state index in [-0.39, 0.29) is 6.04 Å². The first-order valence-corrected chi connectivity index (χ1v) is 8.03. The lowest BCUT2D eigenvalue weighted by Crippen LogP contribution is -2.45. The molecule has 1 atom stereocenters. The summed E-state index contributed by atoms with van der Waals surface area (Å²) in [6, 6.07) is 7.27. The number of nitrogens with zero attached hydrogens (tertiary/aromatic N) is 1. The van der Waals surface area contributed by atoms with Crippen LogP contribution in [0.25, 0.3) is 0 Å². The number of aliphatic carboxylic acids is 1. The Labute approximate surface area is 131 Å². The van der Waals surface area contributed by atoms with E-state index >= 15 is 0 Å². The summed E-state index contributed by atoms with van der Waals surface area (Å²) in [7, 11) is 0. The zero-order chi connectivity index (χ0) is 15.8. The molecule has 1 unspecified atom stereocenters. The molecule has 1 aliphatic rings. The average molecular weight is 307 g/mol. The lowest BCUT2D eigenvalue weighted by molar-refractivity contribution is -0.144. The van der Waals surface area contributed by atoms with E-state index in [1.165, 1.54) is 0 Å². The van der Waals surface area contributed by atoms with E-state index in [4.69, 9.17) is 9.47 Å². The van der Waals surface area contributed by atoms with Crippen LogP contribution in [0.4, 0.5) is 0 Å². The molecule has 0 bridgehead atoms. The smallest absolute Gasteiger partial charge is 0.320 e. The minimum absolute atomic E-state index is 0.324. The first-order valence-electron chi connectivity index (χ1n) is 8.03. The van der Waals surface area contributed by atoms with Crippen LogP contribution in [-0.4, -0.2) is 48.3 Å². The van der Waals surface area contributed by atoms with Gasteiger partial charge in [-0.25, -0.2) is 0 Å².